The highest BCUT2D eigenvalue weighted by atomic mass is 35.5. The maximum Gasteiger partial charge on any atom is 0.210 e. The van der Waals surface area contributed by atoms with Crippen molar-refractivity contribution in [3.63, 3.8) is 0 Å². The van der Waals surface area contributed by atoms with Crippen molar-refractivity contribution in [1.82, 2.24) is 14.9 Å². The Morgan fingerprint density at radius 2 is 1.83 bits per heavy atom. The highest BCUT2D eigenvalue weighted by molar-refractivity contribution is 7.98. The van der Waals surface area contributed by atoms with E-state index in [4.69, 9.17) is 22.6 Å². The van der Waals surface area contributed by atoms with E-state index in [1.165, 1.54) is 16.4 Å². The first-order valence-corrected chi connectivity index (χ1v) is 8.31. The summed E-state index contributed by atoms with van der Waals surface area (Å²) >= 11 is 7.50. The smallest absolute Gasteiger partial charge is 0.210 e. The average Bonchev–Trinajstić information content (AvgIpc) is 2.94. The molecule has 0 atom stereocenters. The molecular weight excluding hydrogens is 332 g/mol. The zero-order valence-corrected chi connectivity index (χ0v) is 13.8. The Bertz CT molecular complexity index is 804. The number of benzene rings is 2. The number of halogens is 1. The van der Waals surface area contributed by atoms with Crippen LogP contribution in [0.1, 0.15) is 11.1 Å². The van der Waals surface area contributed by atoms with Gasteiger partial charge < -0.3 is 10.9 Å². The average molecular weight is 347 g/mol. The summed E-state index contributed by atoms with van der Waals surface area (Å²) in [6, 6.07) is 15.1. The third-order valence-corrected chi connectivity index (χ3v) is 4.57. The van der Waals surface area contributed by atoms with Gasteiger partial charge in [0.25, 0.3) is 0 Å². The molecule has 0 saturated carbocycles. The molecule has 5 nitrogen and oxygen atoms in total. The molecule has 0 amide bonds. The molecule has 0 spiro atoms. The van der Waals surface area contributed by atoms with Crippen LogP contribution >= 0.6 is 23.4 Å². The monoisotopic (exact) mass is 346 g/mol. The van der Waals surface area contributed by atoms with Crippen LogP contribution in [-0.2, 0) is 12.4 Å². The van der Waals surface area contributed by atoms with Gasteiger partial charge in [0.1, 0.15) is 0 Å². The minimum absolute atomic E-state index is 0.0492. The molecule has 0 radical (unpaired) electrons. The molecule has 1 heterocycles. The normalized spacial score (nSPS) is 10.9. The minimum Gasteiger partial charge on any atom is -0.392 e. The Labute approximate surface area is 143 Å². The van der Waals surface area contributed by atoms with E-state index in [2.05, 4.69) is 10.2 Å². The van der Waals surface area contributed by atoms with Crippen LogP contribution in [0.3, 0.4) is 0 Å². The summed E-state index contributed by atoms with van der Waals surface area (Å²) in [4.78, 5) is 0. The highest BCUT2D eigenvalue weighted by Gasteiger charge is 2.12. The van der Waals surface area contributed by atoms with E-state index in [9.17, 15) is 0 Å². The second kappa shape index (κ2) is 7.04. The Hall–Kier alpha value is -2.02. The van der Waals surface area contributed by atoms with Gasteiger partial charge in [-0.2, -0.15) is 0 Å². The van der Waals surface area contributed by atoms with Crippen LogP contribution in [0.15, 0.2) is 53.7 Å². The van der Waals surface area contributed by atoms with Crippen molar-refractivity contribution >= 4 is 23.4 Å². The summed E-state index contributed by atoms with van der Waals surface area (Å²) in [6.07, 6.45) is 0. The Balaban J connectivity index is 1.74. The van der Waals surface area contributed by atoms with Crippen molar-refractivity contribution in [2.75, 3.05) is 5.84 Å². The second-order valence-corrected chi connectivity index (χ2v) is 6.33. The zero-order valence-electron chi connectivity index (χ0n) is 12.2. The predicted molar refractivity (Wildman–Crippen MR) is 92.5 cm³/mol. The van der Waals surface area contributed by atoms with Gasteiger partial charge in [-0.25, -0.2) is 4.68 Å². The minimum atomic E-state index is 0.0492. The summed E-state index contributed by atoms with van der Waals surface area (Å²) in [5, 5.41) is 18.6. The molecule has 0 saturated heterocycles. The van der Waals surface area contributed by atoms with Crippen molar-refractivity contribution in [2.45, 2.75) is 17.5 Å². The Kier molecular flexibility index (Phi) is 4.85. The molecule has 0 aliphatic carbocycles. The predicted octanol–water partition coefficient (Wildman–Crippen LogP) is 3.10. The molecule has 118 valence electrons. The fourth-order valence-electron chi connectivity index (χ4n) is 2.09. The molecule has 0 aliphatic heterocycles. The van der Waals surface area contributed by atoms with Gasteiger partial charge in [0.15, 0.2) is 5.82 Å². The van der Waals surface area contributed by atoms with Crippen molar-refractivity contribution in [3.8, 4) is 11.4 Å². The molecule has 1 aromatic heterocycles. The number of rotatable bonds is 5. The van der Waals surface area contributed by atoms with E-state index < -0.39 is 0 Å². The van der Waals surface area contributed by atoms with Crippen LogP contribution < -0.4 is 5.84 Å². The lowest BCUT2D eigenvalue weighted by atomic mass is 10.2. The third kappa shape index (κ3) is 3.67. The van der Waals surface area contributed by atoms with E-state index in [-0.39, 0.29) is 6.61 Å². The number of nitrogen functional groups attached to an aromatic ring is 1. The molecule has 3 rings (SSSR count). The summed E-state index contributed by atoms with van der Waals surface area (Å²) in [5.74, 6) is 7.38. The first-order chi connectivity index (χ1) is 11.2. The van der Waals surface area contributed by atoms with Gasteiger partial charge >= 0.3 is 0 Å². The lowest BCUT2D eigenvalue weighted by Crippen LogP contribution is -2.11. The molecule has 0 bridgehead atoms. The van der Waals surface area contributed by atoms with E-state index >= 15 is 0 Å². The molecular formula is C16H15ClN4OS. The summed E-state index contributed by atoms with van der Waals surface area (Å²) in [7, 11) is 0. The molecule has 0 unspecified atom stereocenters. The first kappa shape index (κ1) is 15.9. The van der Waals surface area contributed by atoms with Gasteiger partial charge in [-0.05, 0) is 23.3 Å². The second-order valence-electron chi connectivity index (χ2n) is 4.95. The van der Waals surface area contributed by atoms with Crippen LogP contribution in [0.4, 0.5) is 0 Å². The van der Waals surface area contributed by atoms with Gasteiger partial charge in [0.05, 0.1) is 6.61 Å². The van der Waals surface area contributed by atoms with Gasteiger partial charge in [-0.15, -0.1) is 10.2 Å². The Morgan fingerprint density at radius 3 is 2.52 bits per heavy atom. The lowest BCUT2D eigenvalue weighted by Gasteiger charge is -2.05. The van der Waals surface area contributed by atoms with Crippen LogP contribution in [0, 0.1) is 0 Å². The maximum atomic E-state index is 9.05. The molecule has 7 heteroatoms. The zero-order chi connectivity index (χ0) is 16.2. The SMILES string of the molecule is Nn1c(SCc2ccc(CO)cc2)nnc1-c1cccc(Cl)c1. The molecule has 2 aromatic carbocycles. The molecule has 23 heavy (non-hydrogen) atoms. The fraction of sp³-hybridized carbons (Fsp3) is 0.125. The number of hydrogen-bond donors (Lipinski definition) is 2. The number of aliphatic hydroxyl groups excluding tert-OH is 1. The molecule has 0 fully saturated rings. The van der Waals surface area contributed by atoms with E-state index in [1.807, 2.05) is 36.4 Å². The van der Waals surface area contributed by atoms with Crippen LogP contribution in [0.2, 0.25) is 5.02 Å². The summed E-state index contributed by atoms with van der Waals surface area (Å²) in [5.41, 5.74) is 2.84. The van der Waals surface area contributed by atoms with Crippen LogP contribution in [0.5, 0.6) is 0 Å². The number of aliphatic hydroxyl groups is 1. The molecule has 0 aliphatic rings. The van der Waals surface area contributed by atoms with Gasteiger partial charge in [-0.1, -0.05) is 59.8 Å². The molecule has 3 aromatic rings. The Morgan fingerprint density at radius 1 is 1.09 bits per heavy atom. The van der Waals surface area contributed by atoms with Crippen molar-refractivity contribution in [3.05, 3.63) is 64.7 Å². The number of nitrogens with two attached hydrogens (primary N) is 1. The topological polar surface area (TPSA) is 77.0 Å². The standard InChI is InChI=1S/C16H15ClN4OS/c17-14-3-1-2-13(8-14)15-19-20-16(21(15)18)23-10-12-6-4-11(9-22)5-7-12/h1-8,22H,9-10,18H2. The van der Waals surface area contributed by atoms with Crippen molar-refractivity contribution in [2.24, 2.45) is 0 Å². The van der Waals surface area contributed by atoms with Crippen LogP contribution in [0.25, 0.3) is 11.4 Å². The quantitative estimate of drug-likeness (QED) is 0.548. The largest absolute Gasteiger partial charge is 0.392 e. The van der Waals surface area contributed by atoms with Gasteiger partial charge in [0.2, 0.25) is 5.16 Å². The summed E-state index contributed by atoms with van der Waals surface area (Å²) in [6.45, 7) is 0.0492. The number of thioether (sulfide) groups is 1. The lowest BCUT2D eigenvalue weighted by molar-refractivity contribution is 0.282. The summed E-state index contributed by atoms with van der Waals surface area (Å²) < 4.78 is 1.47. The van der Waals surface area contributed by atoms with Crippen molar-refractivity contribution < 1.29 is 5.11 Å². The van der Waals surface area contributed by atoms with Gasteiger partial charge in [-0.3, -0.25) is 0 Å². The van der Waals surface area contributed by atoms with Gasteiger partial charge in [0, 0.05) is 16.3 Å². The fourth-order valence-corrected chi connectivity index (χ4v) is 3.09. The molecule has 3 N–H and O–H groups in total. The van der Waals surface area contributed by atoms with E-state index in [1.54, 1.807) is 12.1 Å². The van der Waals surface area contributed by atoms with Crippen LogP contribution in [-0.4, -0.2) is 20.0 Å². The van der Waals surface area contributed by atoms with E-state index in [0.29, 0.717) is 16.0 Å². The number of nitrogens with zero attached hydrogens (tertiary/aromatic N) is 3. The van der Waals surface area contributed by atoms with E-state index in [0.717, 1.165) is 22.4 Å². The first-order valence-electron chi connectivity index (χ1n) is 6.95. The highest BCUT2D eigenvalue weighted by Crippen LogP contribution is 2.25. The maximum absolute atomic E-state index is 9.05. The van der Waals surface area contributed by atoms with Crippen molar-refractivity contribution in [1.29, 1.82) is 0 Å². The third-order valence-electron chi connectivity index (χ3n) is 3.32. The number of aromatic nitrogens is 3. The number of hydrogen-bond acceptors (Lipinski definition) is 5.